The zero-order valence-electron chi connectivity index (χ0n) is 16.2. The Morgan fingerprint density at radius 3 is 2.60 bits per heavy atom. The molecule has 150 valence electrons. The van der Waals surface area contributed by atoms with E-state index >= 15 is 0 Å². The van der Waals surface area contributed by atoms with Crippen molar-refractivity contribution in [2.45, 2.75) is 13.5 Å². The van der Waals surface area contributed by atoms with Crippen LogP contribution in [-0.4, -0.2) is 5.91 Å². The standard InChI is InChI=1S/C24H18BrIN2O2/c1-16-4-2-3-5-22(16)28-24(29)19(14-27)12-18-13-20(25)8-11-23(18)30-15-17-6-9-21(26)10-7-17/h2-13H,15H2,1H3,(H,28,29)/b19-12+. The minimum Gasteiger partial charge on any atom is -0.488 e. The molecular weight excluding hydrogens is 555 g/mol. The number of benzene rings is 3. The van der Waals surface area contributed by atoms with Crippen molar-refractivity contribution < 1.29 is 9.53 Å². The third-order valence-corrected chi connectivity index (χ3v) is 5.55. The molecule has 1 N–H and O–H groups in total. The van der Waals surface area contributed by atoms with Gasteiger partial charge in [-0.15, -0.1) is 0 Å². The Balaban J connectivity index is 1.83. The van der Waals surface area contributed by atoms with Crippen LogP contribution in [0.1, 0.15) is 16.7 Å². The van der Waals surface area contributed by atoms with Gasteiger partial charge in [-0.2, -0.15) is 5.26 Å². The van der Waals surface area contributed by atoms with Crippen LogP contribution in [0.3, 0.4) is 0 Å². The summed E-state index contributed by atoms with van der Waals surface area (Å²) in [6.07, 6.45) is 1.54. The second kappa shape index (κ2) is 10.4. The fourth-order valence-electron chi connectivity index (χ4n) is 2.71. The summed E-state index contributed by atoms with van der Waals surface area (Å²) >= 11 is 5.70. The first kappa shape index (κ1) is 22.1. The number of halogens is 2. The number of nitriles is 1. The molecule has 0 saturated heterocycles. The van der Waals surface area contributed by atoms with E-state index in [4.69, 9.17) is 4.74 Å². The molecule has 3 rings (SSSR count). The first-order chi connectivity index (χ1) is 14.5. The van der Waals surface area contributed by atoms with Gasteiger partial charge in [0, 0.05) is 19.3 Å². The minimum absolute atomic E-state index is 0.00420. The predicted molar refractivity (Wildman–Crippen MR) is 131 cm³/mol. The molecule has 6 heteroatoms. The lowest BCUT2D eigenvalue weighted by Crippen LogP contribution is -2.14. The van der Waals surface area contributed by atoms with E-state index < -0.39 is 5.91 Å². The van der Waals surface area contributed by atoms with E-state index in [1.54, 1.807) is 12.1 Å². The summed E-state index contributed by atoms with van der Waals surface area (Å²) in [5, 5.41) is 12.4. The Morgan fingerprint density at radius 2 is 1.90 bits per heavy atom. The van der Waals surface area contributed by atoms with Crippen molar-refractivity contribution >= 4 is 56.2 Å². The number of rotatable bonds is 6. The highest BCUT2D eigenvalue weighted by Gasteiger charge is 2.13. The van der Waals surface area contributed by atoms with Crippen LogP contribution in [0, 0.1) is 21.8 Å². The van der Waals surface area contributed by atoms with E-state index in [0.717, 1.165) is 19.2 Å². The van der Waals surface area contributed by atoms with Gasteiger partial charge in [-0.05, 0) is 83.1 Å². The molecule has 3 aromatic rings. The summed E-state index contributed by atoms with van der Waals surface area (Å²) in [7, 11) is 0. The van der Waals surface area contributed by atoms with Crippen molar-refractivity contribution in [3.05, 3.63) is 97.0 Å². The smallest absolute Gasteiger partial charge is 0.266 e. The van der Waals surface area contributed by atoms with Crippen molar-refractivity contribution in [2.24, 2.45) is 0 Å². The molecule has 0 aliphatic rings. The first-order valence-electron chi connectivity index (χ1n) is 9.12. The molecule has 0 heterocycles. The predicted octanol–water partition coefficient (Wildman–Crippen LogP) is 6.49. The quantitative estimate of drug-likeness (QED) is 0.209. The fourth-order valence-corrected chi connectivity index (χ4v) is 3.45. The maximum Gasteiger partial charge on any atom is 0.266 e. The summed E-state index contributed by atoms with van der Waals surface area (Å²) in [4.78, 5) is 12.7. The average Bonchev–Trinajstić information content (AvgIpc) is 2.74. The number of carbonyl (C=O) groups excluding carboxylic acids is 1. The summed E-state index contributed by atoms with van der Waals surface area (Å²) in [6, 6.07) is 23.0. The Bertz CT molecular complexity index is 1130. The molecule has 4 nitrogen and oxygen atoms in total. The van der Waals surface area contributed by atoms with Crippen LogP contribution >= 0.6 is 38.5 Å². The van der Waals surface area contributed by atoms with Gasteiger partial charge in [-0.25, -0.2) is 0 Å². The molecule has 0 aromatic heterocycles. The van der Waals surface area contributed by atoms with Gasteiger partial charge in [0.25, 0.3) is 5.91 Å². The third-order valence-electron chi connectivity index (χ3n) is 4.34. The monoisotopic (exact) mass is 572 g/mol. The molecule has 30 heavy (non-hydrogen) atoms. The van der Waals surface area contributed by atoms with Gasteiger partial charge >= 0.3 is 0 Å². The van der Waals surface area contributed by atoms with Gasteiger partial charge in [-0.1, -0.05) is 46.3 Å². The second-order valence-corrected chi connectivity index (χ2v) is 8.70. The van der Waals surface area contributed by atoms with Gasteiger partial charge in [0.2, 0.25) is 0 Å². The van der Waals surface area contributed by atoms with Crippen LogP contribution < -0.4 is 10.1 Å². The number of nitrogens with one attached hydrogen (secondary N) is 1. The van der Waals surface area contributed by atoms with Crippen LogP contribution in [-0.2, 0) is 11.4 Å². The minimum atomic E-state index is -0.463. The van der Waals surface area contributed by atoms with Crippen LogP contribution in [0.2, 0.25) is 0 Å². The highest BCUT2D eigenvalue weighted by Crippen LogP contribution is 2.27. The number of ether oxygens (including phenoxy) is 1. The molecule has 0 bridgehead atoms. The number of hydrogen-bond acceptors (Lipinski definition) is 3. The molecule has 0 atom stereocenters. The highest BCUT2D eigenvalue weighted by molar-refractivity contribution is 14.1. The first-order valence-corrected chi connectivity index (χ1v) is 11.0. The van der Waals surface area contributed by atoms with E-state index in [2.05, 4.69) is 43.8 Å². The third kappa shape index (κ3) is 5.94. The summed E-state index contributed by atoms with van der Waals surface area (Å²) in [5.74, 6) is 0.128. The SMILES string of the molecule is Cc1ccccc1NC(=O)/C(C#N)=C/c1cc(Br)ccc1OCc1ccc(I)cc1. The van der Waals surface area contributed by atoms with Gasteiger partial charge in [-0.3, -0.25) is 4.79 Å². The number of aryl methyl sites for hydroxylation is 1. The van der Waals surface area contributed by atoms with Crippen LogP contribution in [0.15, 0.2) is 76.8 Å². The van der Waals surface area contributed by atoms with Crippen molar-refractivity contribution in [1.82, 2.24) is 0 Å². The molecular formula is C24H18BrIN2O2. The zero-order chi connectivity index (χ0) is 21.5. The van der Waals surface area contributed by atoms with Crippen molar-refractivity contribution in [3.63, 3.8) is 0 Å². The van der Waals surface area contributed by atoms with Crippen molar-refractivity contribution in [1.29, 1.82) is 5.26 Å². The molecule has 0 radical (unpaired) electrons. The number of carbonyl (C=O) groups is 1. The molecule has 0 spiro atoms. The van der Waals surface area contributed by atoms with E-state index in [1.165, 1.54) is 0 Å². The largest absolute Gasteiger partial charge is 0.488 e. The van der Waals surface area contributed by atoms with Crippen molar-refractivity contribution in [3.8, 4) is 11.8 Å². The lowest BCUT2D eigenvalue weighted by atomic mass is 10.1. The number of nitrogens with zero attached hydrogens (tertiary/aromatic N) is 1. The lowest BCUT2D eigenvalue weighted by Gasteiger charge is -2.11. The summed E-state index contributed by atoms with van der Waals surface area (Å²) < 4.78 is 7.95. The second-order valence-electron chi connectivity index (χ2n) is 6.54. The fraction of sp³-hybridized carbons (Fsp3) is 0.0833. The maximum absolute atomic E-state index is 12.7. The molecule has 0 unspecified atom stereocenters. The summed E-state index contributed by atoms with van der Waals surface area (Å²) in [6.45, 7) is 2.28. The van der Waals surface area contributed by atoms with Crippen molar-refractivity contribution in [2.75, 3.05) is 5.32 Å². The number of para-hydroxylation sites is 1. The Morgan fingerprint density at radius 1 is 1.17 bits per heavy atom. The molecule has 0 fully saturated rings. The topological polar surface area (TPSA) is 62.1 Å². The molecule has 3 aromatic carbocycles. The molecule has 0 aliphatic carbocycles. The van der Waals surface area contributed by atoms with Gasteiger partial charge in [0.05, 0.1) is 0 Å². The number of anilines is 1. The lowest BCUT2D eigenvalue weighted by molar-refractivity contribution is -0.112. The van der Waals surface area contributed by atoms with E-state index in [0.29, 0.717) is 23.6 Å². The van der Waals surface area contributed by atoms with Gasteiger partial charge < -0.3 is 10.1 Å². The zero-order valence-corrected chi connectivity index (χ0v) is 19.9. The molecule has 0 saturated carbocycles. The Kier molecular flexibility index (Phi) is 7.66. The van der Waals surface area contributed by atoms with Gasteiger partial charge in [0.15, 0.2) is 0 Å². The molecule has 0 aliphatic heterocycles. The van der Waals surface area contributed by atoms with Crippen LogP contribution in [0.4, 0.5) is 5.69 Å². The normalized spacial score (nSPS) is 10.9. The van der Waals surface area contributed by atoms with E-state index in [-0.39, 0.29) is 5.57 Å². The van der Waals surface area contributed by atoms with Crippen LogP contribution in [0.25, 0.3) is 6.08 Å². The van der Waals surface area contributed by atoms with E-state index in [1.807, 2.05) is 73.7 Å². The highest BCUT2D eigenvalue weighted by atomic mass is 127. The number of hydrogen-bond donors (Lipinski definition) is 1. The average molecular weight is 573 g/mol. The Labute approximate surface area is 197 Å². The Hall–Kier alpha value is -2.63. The molecule has 1 amide bonds. The van der Waals surface area contributed by atoms with Gasteiger partial charge in [0.1, 0.15) is 24.0 Å². The van der Waals surface area contributed by atoms with E-state index in [9.17, 15) is 10.1 Å². The summed E-state index contributed by atoms with van der Waals surface area (Å²) in [5.41, 5.74) is 3.27. The number of amides is 1. The van der Waals surface area contributed by atoms with Crippen LogP contribution in [0.5, 0.6) is 5.75 Å². The maximum atomic E-state index is 12.7.